The first-order valence-corrected chi connectivity index (χ1v) is 3.72. The average Bonchev–Trinajstić information content (AvgIpc) is 2.01. The first-order valence-electron chi connectivity index (χ1n) is 3.72. The molecule has 82 valence electrons. The van der Waals surface area contributed by atoms with Crippen molar-refractivity contribution < 1.29 is 29.4 Å². The molecule has 0 amide bonds. The second-order valence-corrected chi connectivity index (χ2v) is 2.40. The third-order valence-corrected chi connectivity index (χ3v) is 1.05. The fraction of sp³-hybridized carbons (Fsp3) is 0.500. The van der Waals surface area contributed by atoms with E-state index in [0.29, 0.717) is 0 Å². The number of carbonyl (C=O) groups excluding carboxylic acids is 2. The van der Waals surface area contributed by atoms with E-state index < -0.39 is 11.9 Å². The Morgan fingerprint density at radius 2 is 1.00 bits per heavy atom. The van der Waals surface area contributed by atoms with Gasteiger partial charge >= 0.3 is 41.5 Å². The number of carboxylic acids is 2. The molecule has 0 aromatic carbocycles. The fourth-order valence-electron chi connectivity index (χ4n) is 0.214. The van der Waals surface area contributed by atoms with Gasteiger partial charge in [-0.15, -0.1) is 0 Å². The first-order chi connectivity index (χ1) is 6.27. The van der Waals surface area contributed by atoms with Crippen molar-refractivity contribution in [2.45, 2.75) is 26.7 Å². The Hall–Kier alpha value is -0.720. The molecule has 0 aliphatic carbocycles. The van der Waals surface area contributed by atoms with E-state index in [4.69, 9.17) is 10.2 Å². The number of hydrogen-bond acceptors (Lipinski definition) is 4. The molecular weight excluding hydrogens is 215 g/mol. The molecule has 15 heavy (non-hydrogen) atoms. The van der Waals surface area contributed by atoms with Gasteiger partial charge in [-0.1, -0.05) is 0 Å². The van der Waals surface area contributed by atoms with Crippen molar-refractivity contribution >= 4 is 53.1 Å². The molecule has 2 N–H and O–H groups in total. The standard InChI is InChI=1S/C4H6O4.C4H6O2.Na.H/c5-3(6)1-2-4(7)8;1-3(5)4(2)6;;/h1-2H2,(H,5,6)(H,7,8);1-2H3;;. The van der Waals surface area contributed by atoms with Gasteiger partial charge in [-0.25, -0.2) is 0 Å². The topological polar surface area (TPSA) is 109 Å². The number of hydrogen-bond donors (Lipinski definition) is 2. The van der Waals surface area contributed by atoms with E-state index in [1.807, 2.05) is 0 Å². The van der Waals surface area contributed by atoms with Crippen molar-refractivity contribution in [2.75, 3.05) is 0 Å². The Bertz CT molecular complexity index is 222. The molecule has 0 radical (unpaired) electrons. The summed E-state index contributed by atoms with van der Waals surface area (Å²) in [5, 5.41) is 15.8. The van der Waals surface area contributed by atoms with Gasteiger partial charge in [0.2, 0.25) is 0 Å². The zero-order chi connectivity index (χ0) is 11.7. The Kier molecular flexibility index (Phi) is 15.0. The molecule has 6 nitrogen and oxygen atoms in total. The number of rotatable bonds is 4. The number of Topliss-reactive ketones (excluding diaryl/α,β-unsaturated/α-hetero) is 2. The molecule has 0 aliphatic rings. The minimum atomic E-state index is -1.08. The summed E-state index contributed by atoms with van der Waals surface area (Å²) in [6, 6.07) is 0. The van der Waals surface area contributed by atoms with E-state index in [2.05, 4.69) is 0 Å². The molecule has 0 atom stereocenters. The van der Waals surface area contributed by atoms with Gasteiger partial charge in [0.15, 0.2) is 11.6 Å². The van der Waals surface area contributed by atoms with Gasteiger partial charge in [0, 0.05) is 13.8 Å². The van der Waals surface area contributed by atoms with Gasteiger partial charge in [0.05, 0.1) is 12.8 Å². The number of ketones is 2. The summed E-state index contributed by atoms with van der Waals surface area (Å²) in [5.41, 5.74) is 0. The van der Waals surface area contributed by atoms with Crippen LogP contribution in [0.2, 0.25) is 0 Å². The molecule has 0 heterocycles. The van der Waals surface area contributed by atoms with Crippen LogP contribution in [0.15, 0.2) is 0 Å². The second-order valence-electron chi connectivity index (χ2n) is 2.40. The van der Waals surface area contributed by atoms with Crippen LogP contribution >= 0.6 is 0 Å². The van der Waals surface area contributed by atoms with Gasteiger partial charge < -0.3 is 10.2 Å². The maximum atomic E-state index is 9.79. The summed E-state index contributed by atoms with van der Waals surface area (Å²) in [6.07, 6.45) is -0.593. The van der Waals surface area contributed by atoms with Gasteiger partial charge in [-0.2, -0.15) is 0 Å². The molecule has 0 aromatic rings. The summed E-state index contributed by atoms with van der Waals surface area (Å²) < 4.78 is 0. The van der Waals surface area contributed by atoms with Gasteiger partial charge in [0.1, 0.15) is 0 Å². The molecule has 0 aromatic heterocycles. The number of aliphatic carboxylic acids is 2. The van der Waals surface area contributed by atoms with Crippen molar-refractivity contribution in [3.63, 3.8) is 0 Å². The summed E-state index contributed by atoms with van der Waals surface area (Å²) in [4.78, 5) is 38.9. The molecule has 0 saturated heterocycles. The van der Waals surface area contributed by atoms with E-state index in [-0.39, 0.29) is 54.0 Å². The normalized spacial score (nSPS) is 7.60. The maximum absolute atomic E-state index is 9.79. The van der Waals surface area contributed by atoms with E-state index in [0.717, 1.165) is 0 Å². The molecule has 7 heteroatoms. The quantitative estimate of drug-likeness (QED) is 0.493. The Labute approximate surface area is 109 Å². The van der Waals surface area contributed by atoms with Crippen LogP contribution in [0.3, 0.4) is 0 Å². The van der Waals surface area contributed by atoms with Crippen LogP contribution in [0.1, 0.15) is 26.7 Å². The van der Waals surface area contributed by atoms with Crippen LogP contribution in [0.25, 0.3) is 0 Å². The molecule has 0 rings (SSSR count). The summed E-state index contributed by atoms with van der Waals surface area (Å²) in [7, 11) is 0. The van der Waals surface area contributed by atoms with E-state index >= 15 is 0 Å². The van der Waals surface area contributed by atoms with Crippen LogP contribution < -0.4 is 0 Å². The summed E-state index contributed by atoms with van der Waals surface area (Å²) >= 11 is 0. The molecule has 0 aliphatic heterocycles. The van der Waals surface area contributed by atoms with Crippen molar-refractivity contribution in [3.8, 4) is 0 Å². The van der Waals surface area contributed by atoms with Crippen molar-refractivity contribution in [3.05, 3.63) is 0 Å². The van der Waals surface area contributed by atoms with Gasteiger partial charge in [-0.05, 0) is 0 Å². The number of carbonyl (C=O) groups is 4. The van der Waals surface area contributed by atoms with Crippen molar-refractivity contribution in [1.29, 1.82) is 0 Å². The monoisotopic (exact) mass is 228 g/mol. The average molecular weight is 228 g/mol. The second kappa shape index (κ2) is 11.4. The molecule has 0 spiro atoms. The molecule has 0 unspecified atom stereocenters. The Balaban J connectivity index is -0.000000187. The van der Waals surface area contributed by atoms with Crippen molar-refractivity contribution in [2.24, 2.45) is 0 Å². The van der Waals surface area contributed by atoms with Gasteiger partial charge in [-0.3, -0.25) is 19.2 Å². The molecule has 0 saturated carbocycles. The van der Waals surface area contributed by atoms with Crippen LogP contribution in [-0.4, -0.2) is 63.3 Å². The van der Waals surface area contributed by atoms with Crippen LogP contribution in [-0.2, 0) is 19.2 Å². The zero-order valence-corrected chi connectivity index (χ0v) is 7.94. The number of carboxylic acid groups (broad SMARTS) is 2. The minimum absolute atomic E-state index is 0. The fourth-order valence-corrected chi connectivity index (χ4v) is 0.214. The van der Waals surface area contributed by atoms with E-state index in [9.17, 15) is 19.2 Å². The van der Waals surface area contributed by atoms with Gasteiger partial charge in [0.25, 0.3) is 0 Å². The predicted octanol–water partition coefficient (Wildman–Crippen LogP) is -0.548. The predicted molar refractivity (Wildman–Crippen MR) is 53.0 cm³/mol. The van der Waals surface area contributed by atoms with E-state index in [1.54, 1.807) is 0 Å². The summed E-state index contributed by atoms with van der Waals surface area (Å²) in [6.45, 7) is 2.50. The van der Waals surface area contributed by atoms with E-state index in [1.165, 1.54) is 13.8 Å². The molecular formula is C8H13NaO6. The van der Waals surface area contributed by atoms with Crippen molar-refractivity contribution in [1.82, 2.24) is 0 Å². The third-order valence-electron chi connectivity index (χ3n) is 1.05. The Morgan fingerprint density at radius 3 is 1.07 bits per heavy atom. The third kappa shape index (κ3) is 24.6. The zero-order valence-electron chi connectivity index (χ0n) is 7.94. The molecule has 0 bridgehead atoms. The summed E-state index contributed by atoms with van der Waals surface area (Å²) in [5.74, 6) is -2.91. The van der Waals surface area contributed by atoms with Crippen LogP contribution in [0.5, 0.6) is 0 Å². The SMILES string of the molecule is CC(=O)C(C)=O.O=C(O)CCC(=O)O.[NaH]. The molecule has 0 fully saturated rings. The van der Waals surface area contributed by atoms with Crippen LogP contribution in [0.4, 0.5) is 0 Å². The first kappa shape index (κ1) is 19.8. The Morgan fingerprint density at radius 1 is 0.800 bits per heavy atom. The van der Waals surface area contributed by atoms with Crippen LogP contribution in [0, 0.1) is 0 Å².